The molecule has 2 aromatic rings. The number of aryl methyl sites for hydroxylation is 1. The first kappa shape index (κ1) is 8.10. The molecule has 2 heterocycles. The van der Waals surface area contributed by atoms with Crippen LogP contribution in [0.5, 0.6) is 5.88 Å². The van der Waals surface area contributed by atoms with Crippen LogP contribution in [0.1, 0.15) is 19.2 Å². The fraction of sp³-hybridized carbons (Fsp3) is 0.300. The van der Waals surface area contributed by atoms with E-state index in [-0.39, 0.29) is 5.88 Å². The molecule has 13 heavy (non-hydrogen) atoms. The Hall–Kier alpha value is -1.51. The van der Waals surface area contributed by atoms with Crippen molar-refractivity contribution in [3.8, 4) is 5.88 Å². The average molecular weight is 176 g/mol. The zero-order valence-corrected chi connectivity index (χ0v) is 7.57. The van der Waals surface area contributed by atoms with Crippen molar-refractivity contribution in [2.24, 2.45) is 0 Å². The van der Waals surface area contributed by atoms with Gasteiger partial charge in [0, 0.05) is 6.42 Å². The van der Waals surface area contributed by atoms with Crippen LogP contribution in [0.15, 0.2) is 24.4 Å². The minimum absolute atomic E-state index is 0.262. The summed E-state index contributed by atoms with van der Waals surface area (Å²) >= 11 is 0. The van der Waals surface area contributed by atoms with E-state index in [2.05, 4.69) is 11.9 Å². The van der Waals surface area contributed by atoms with Crippen molar-refractivity contribution in [2.75, 3.05) is 0 Å². The summed E-state index contributed by atoms with van der Waals surface area (Å²) in [4.78, 5) is 4.25. The minimum atomic E-state index is 0.262. The van der Waals surface area contributed by atoms with Crippen LogP contribution in [-0.4, -0.2) is 14.5 Å². The van der Waals surface area contributed by atoms with Crippen molar-refractivity contribution in [1.29, 1.82) is 0 Å². The van der Waals surface area contributed by atoms with Gasteiger partial charge in [0.25, 0.3) is 0 Å². The van der Waals surface area contributed by atoms with Gasteiger partial charge in [0.1, 0.15) is 5.82 Å². The SMILES string of the molecule is CCCc1ncc2cccc(O)n12. The monoisotopic (exact) mass is 176 g/mol. The molecule has 2 aromatic heterocycles. The third-order valence-corrected chi connectivity index (χ3v) is 2.08. The Bertz CT molecular complexity index is 420. The highest BCUT2D eigenvalue weighted by molar-refractivity contribution is 5.48. The van der Waals surface area contributed by atoms with E-state index in [0.717, 1.165) is 24.2 Å². The maximum absolute atomic E-state index is 9.59. The first-order chi connectivity index (χ1) is 6.33. The van der Waals surface area contributed by atoms with Gasteiger partial charge in [-0.05, 0) is 18.6 Å². The molecule has 0 fully saturated rings. The molecule has 3 nitrogen and oxygen atoms in total. The second kappa shape index (κ2) is 3.09. The van der Waals surface area contributed by atoms with E-state index in [1.165, 1.54) is 0 Å². The van der Waals surface area contributed by atoms with Gasteiger partial charge in [0.15, 0.2) is 5.88 Å². The lowest BCUT2D eigenvalue weighted by Gasteiger charge is -2.01. The van der Waals surface area contributed by atoms with E-state index in [4.69, 9.17) is 0 Å². The first-order valence-electron chi connectivity index (χ1n) is 4.47. The smallest absolute Gasteiger partial charge is 0.197 e. The van der Waals surface area contributed by atoms with Gasteiger partial charge in [0.05, 0.1) is 11.7 Å². The number of aromatic nitrogens is 2. The van der Waals surface area contributed by atoms with Crippen LogP contribution in [0, 0.1) is 0 Å². The Balaban J connectivity index is 2.64. The number of nitrogens with zero attached hydrogens (tertiary/aromatic N) is 2. The molecular weight excluding hydrogens is 164 g/mol. The summed E-state index contributed by atoms with van der Waals surface area (Å²) in [6, 6.07) is 5.43. The van der Waals surface area contributed by atoms with Crippen LogP contribution in [0.25, 0.3) is 5.52 Å². The van der Waals surface area contributed by atoms with Crippen LogP contribution in [0.4, 0.5) is 0 Å². The molecule has 1 N–H and O–H groups in total. The molecule has 0 aliphatic carbocycles. The molecule has 0 bridgehead atoms. The molecule has 0 amide bonds. The lowest BCUT2D eigenvalue weighted by molar-refractivity contribution is 0.442. The number of fused-ring (bicyclic) bond motifs is 1. The van der Waals surface area contributed by atoms with Crippen LogP contribution < -0.4 is 0 Å². The van der Waals surface area contributed by atoms with Crippen LogP contribution in [0.3, 0.4) is 0 Å². The number of rotatable bonds is 2. The molecule has 0 saturated heterocycles. The van der Waals surface area contributed by atoms with E-state index in [1.807, 2.05) is 12.1 Å². The fourth-order valence-electron chi connectivity index (χ4n) is 1.49. The summed E-state index contributed by atoms with van der Waals surface area (Å²) in [5.74, 6) is 1.19. The Labute approximate surface area is 76.7 Å². The van der Waals surface area contributed by atoms with Crippen molar-refractivity contribution >= 4 is 5.52 Å². The fourth-order valence-corrected chi connectivity index (χ4v) is 1.49. The third-order valence-electron chi connectivity index (χ3n) is 2.08. The van der Waals surface area contributed by atoms with Crippen LogP contribution in [-0.2, 0) is 6.42 Å². The Morgan fingerprint density at radius 1 is 1.46 bits per heavy atom. The molecule has 0 saturated carbocycles. The van der Waals surface area contributed by atoms with Crippen molar-refractivity contribution in [3.05, 3.63) is 30.2 Å². The summed E-state index contributed by atoms with van der Waals surface area (Å²) in [5, 5.41) is 9.59. The second-order valence-corrected chi connectivity index (χ2v) is 3.07. The van der Waals surface area contributed by atoms with Gasteiger partial charge in [-0.2, -0.15) is 0 Å². The van der Waals surface area contributed by atoms with E-state index in [1.54, 1.807) is 16.7 Å². The van der Waals surface area contributed by atoms with Gasteiger partial charge in [-0.1, -0.05) is 13.0 Å². The Morgan fingerprint density at radius 3 is 3.08 bits per heavy atom. The number of hydrogen-bond acceptors (Lipinski definition) is 2. The van der Waals surface area contributed by atoms with Crippen molar-refractivity contribution in [1.82, 2.24) is 9.38 Å². The van der Waals surface area contributed by atoms with Crippen molar-refractivity contribution in [2.45, 2.75) is 19.8 Å². The molecule has 0 atom stereocenters. The van der Waals surface area contributed by atoms with Gasteiger partial charge in [-0.3, -0.25) is 4.40 Å². The summed E-state index contributed by atoms with van der Waals surface area (Å²) in [6.07, 6.45) is 3.71. The zero-order chi connectivity index (χ0) is 9.26. The molecule has 0 spiro atoms. The van der Waals surface area contributed by atoms with Gasteiger partial charge < -0.3 is 5.11 Å². The standard InChI is InChI=1S/C10H12N2O/c1-2-4-9-11-7-8-5-3-6-10(13)12(8)9/h3,5-7,13H,2,4H2,1H3. The highest BCUT2D eigenvalue weighted by Crippen LogP contribution is 2.16. The molecule has 0 radical (unpaired) electrons. The number of aromatic hydroxyl groups is 1. The molecule has 68 valence electrons. The van der Waals surface area contributed by atoms with Gasteiger partial charge in [-0.25, -0.2) is 4.98 Å². The van der Waals surface area contributed by atoms with E-state index < -0.39 is 0 Å². The topological polar surface area (TPSA) is 37.5 Å². The number of hydrogen-bond donors (Lipinski definition) is 1. The molecule has 3 heteroatoms. The Morgan fingerprint density at radius 2 is 2.31 bits per heavy atom. The highest BCUT2D eigenvalue weighted by atomic mass is 16.3. The number of pyridine rings is 1. The predicted octanol–water partition coefficient (Wildman–Crippen LogP) is 1.99. The van der Waals surface area contributed by atoms with Gasteiger partial charge in [-0.15, -0.1) is 0 Å². The lowest BCUT2D eigenvalue weighted by Crippen LogP contribution is -1.94. The maximum Gasteiger partial charge on any atom is 0.197 e. The van der Waals surface area contributed by atoms with E-state index in [0.29, 0.717) is 0 Å². The number of imidazole rings is 1. The zero-order valence-electron chi connectivity index (χ0n) is 7.57. The van der Waals surface area contributed by atoms with Gasteiger partial charge in [0.2, 0.25) is 0 Å². The second-order valence-electron chi connectivity index (χ2n) is 3.07. The van der Waals surface area contributed by atoms with E-state index in [9.17, 15) is 5.11 Å². The average Bonchev–Trinajstić information content (AvgIpc) is 2.51. The summed E-state index contributed by atoms with van der Waals surface area (Å²) in [7, 11) is 0. The van der Waals surface area contributed by atoms with Crippen molar-refractivity contribution < 1.29 is 5.11 Å². The highest BCUT2D eigenvalue weighted by Gasteiger charge is 2.04. The lowest BCUT2D eigenvalue weighted by atomic mass is 10.3. The van der Waals surface area contributed by atoms with Gasteiger partial charge >= 0.3 is 0 Å². The summed E-state index contributed by atoms with van der Waals surface area (Å²) in [5.41, 5.74) is 0.948. The van der Waals surface area contributed by atoms with Crippen LogP contribution >= 0.6 is 0 Å². The van der Waals surface area contributed by atoms with E-state index >= 15 is 0 Å². The third kappa shape index (κ3) is 1.26. The maximum atomic E-state index is 9.59. The Kier molecular flexibility index (Phi) is 1.93. The molecule has 0 unspecified atom stereocenters. The largest absolute Gasteiger partial charge is 0.494 e. The minimum Gasteiger partial charge on any atom is -0.494 e. The van der Waals surface area contributed by atoms with Crippen LogP contribution in [0.2, 0.25) is 0 Å². The molecule has 0 aliphatic rings. The molecule has 0 aromatic carbocycles. The molecule has 2 rings (SSSR count). The summed E-state index contributed by atoms with van der Waals surface area (Å²) < 4.78 is 1.78. The van der Waals surface area contributed by atoms with Crippen molar-refractivity contribution in [3.63, 3.8) is 0 Å². The first-order valence-corrected chi connectivity index (χ1v) is 4.47. The normalized spacial score (nSPS) is 10.8. The predicted molar refractivity (Wildman–Crippen MR) is 50.9 cm³/mol. The molecule has 0 aliphatic heterocycles. The molecular formula is C10H12N2O. The summed E-state index contributed by atoms with van der Waals surface area (Å²) in [6.45, 7) is 2.10. The quantitative estimate of drug-likeness (QED) is 0.759.